The summed E-state index contributed by atoms with van der Waals surface area (Å²) in [5, 5.41) is 15.0. The first kappa shape index (κ1) is 32.7. The minimum atomic E-state index is -3.97. The van der Waals surface area contributed by atoms with Crippen LogP contribution in [0.25, 0.3) is 33.3 Å². The van der Waals surface area contributed by atoms with Crippen molar-refractivity contribution in [3.8, 4) is 22.3 Å². The van der Waals surface area contributed by atoms with E-state index in [1.807, 2.05) is 32.2 Å². The fourth-order valence-corrected chi connectivity index (χ4v) is 7.95. The van der Waals surface area contributed by atoms with Gasteiger partial charge >= 0.3 is 0 Å². The number of pyridine rings is 1. The highest BCUT2D eigenvalue weighted by atomic mass is 32.2. The Balaban J connectivity index is 1.26. The molecular weight excluding hydrogens is 640 g/mol. The number of halogens is 1. The third-order valence-electron chi connectivity index (χ3n) is 9.13. The molecule has 0 amide bonds. The molecule has 49 heavy (non-hydrogen) atoms. The predicted octanol–water partition coefficient (Wildman–Crippen LogP) is 6.11. The highest BCUT2D eigenvalue weighted by molar-refractivity contribution is 7.90. The van der Waals surface area contributed by atoms with E-state index < -0.39 is 10.0 Å². The number of fused-ring (bicyclic) bond motifs is 1. The maximum atomic E-state index is 14.0. The molecule has 7 rings (SSSR count). The second kappa shape index (κ2) is 13.2. The molecule has 0 saturated carbocycles. The number of hydrogen-bond acceptors (Lipinski definition) is 7. The summed E-state index contributed by atoms with van der Waals surface area (Å²) in [7, 11) is -3.97. The van der Waals surface area contributed by atoms with Gasteiger partial charge in [-0.1, -0.05) is 35.9 Å². The number of rotatable bonds is 9. The number of benzene rings is 3. The number of anilines is 1. The highest BCUT2D eigenvalue weighted by Gasteiger charge is 2.25. The Morgan fingerprint density at radius 2 is 1.65 bits per heavy atom. The number of nitrogens with zero attached hydrogens (tertiary/aromatic N) is 6. The molecule has 0 spiro atoms. The minimum Gasteiger partial charge on any atom is -0.392 e. The fourth-order valence-electron chi connectivity index (χ4n) is 6.62. The smallest absolute Gasteiger partial charge is 0.269 e. The first-order valence-electron chi connectivity index (χ1n) is 16.4. The molecule has 1 unspecified atom stereocenters. The monoisotopic (exact) mass is 678 g/mol. The molecule has 252 valence electrons. The van der Waals surface area contributed by atoms with Crippen LogP contribution in [-0.2, 0) is 16.6 Å². The summed E-state index contributed by atoms with van der Waals surface area (Å²) in [5.41, 5.74) is 7.60. The summed E-state index contributed by atoms with van der Waals surface area (Å²) in [5.74, 6) is -0.313. The van der Waals surface area contributed by atoms with E-state index in [4.69, 9.17) is 4.98 Å². The van der Waals surface area contributed by atoms with Crippen LogP contribution in [0.4, 0.5) is 10.1 Å². The van der Waals surface area contributed by atoms with Gasteiger partial charge in [0.1, 0.15) is 5.82 Å². The summed E-state index contributed by atoms with van der Waals surface area (Å²) in [4.78, 5) is 9.60. The Kier molecular flexibility index (Phi) is 8.82. The topological polar surface area (TPSA) is 96.5 Å². The van der Waals surface area contributed by atoms with Crippen molar-refractivity contribution in [2.75, 3.05) is 37.6 Å². The summed E-state index contributed by atoms with van der Waals surface area (Å²) < 4.78 is 44.8. The summed E-state index contributed by atoms with van der Waals surface area (Å²) in [6.45, 7) is 10.5. The van der Waals surface area contributed by atoms with Crippen LogP contribution < -0.4 is 4.90 Å². The van der Waals surface area contributed by atoms with Crippen LogP contribution in [0.5, 0.6) is 0 Å². The first-order valence-corrected chi connectivity index (χ1v) is 17.9. The molecule has 3 aromatic carbocycles. The lowest BCUT2D eigenvalue weighted by Crippen LogP contribution is -2.48. The standard InChI is InChI=1S/C38H39FN6O3S/c1-26-7-10-34(11-8-26)49(47,48)45-25-36(32-21-41-44(24-32)23-29-5-4-6-33(39)18-29)35-19-31(20-40-38(35)45)30-9-12-37(27(2)17-30)43-15-13-42(14-16-43)22-28(3)46/h4-12,17-21,24-25,28,46H,13-16,22-23H2,1-3H3. The Labute approximate surface area is 285 Å². The normalized spacial score (nSPS) is 14.8. The van der Waals surface area contributed by atoms with Gasteiger partial charge < -0.3 is 10.0 Å². The molecule has 1 saturated heterocycles. The maximum Gasteiger partial charge on any atom is 0.269 e. The van der Waals surface area contributed by atoms with Crippen LogP contribution in [0.2, 0.25) is 0 Å². The second-order valence-electron chi connectivity index (χ2n) is 12.9. The van der Waals surface area contributed by atoms with Gasteiger partial charge in [0.05, 0.1) is 23.7 Å². The molecule has 1 fully saturated rings. The maximum absolute atomic E-state index is 14.0. The first-order chi connectivity index (χ1) is 23.5. The Hall–Kier alpha value is -4.84. The van der Waals surface area contributed by atoms with Gasteiger partial charge in [-0.05, 0) is 79.9 Å². The van der Waals surface area contributed by atoms with Crippen LogP contribution >= 0.6 is 0 Å². The largest absolute Gasteiger partial charge is 0.392 e. The molecule has 4 heterocycles. The quantitative estimate of drug-likeness (QED) is 0.197. The minimum absolute atomic E-state index is 0.173. The number of hydrogen-bond donors (Lipinski definition) is 1. The molecule has 1 N–H and O–H groups in total. The van der Waals surface area contributed by atoms with E-state index in [1.165, 1.54) is 21.8 Å². The van der Waals surface area contributed by atoms with Crippen molar-refractivity contribution >= 4 is 26.7 Å². The summed E-state index contributed by atoms with van der Waals surface area (Å²) >= 11 is 0. The summed E-state index contributed by atoms with van der Waals surface area (Å²) in [6.07, 6.45) is 6.55. The number of aromatic nitrogens is 4. The SMILES string of the molecule is Cc1ccc(S(=O)(=O)n2cc(-c3cnn(Cc4cccc(F)c4)c3)c3cc(-c4ccc(N5CCN(CC(C)O)CC5)c(C)c4)cnc32)cc1. The average molecular weight is 679 g/mol. The van der Waals surface area contributed by atoms with Crippen molar-refractivity contribution in [3.63, 3.8) is 0 Å². The second-order valence-corrected chi connectivity index (χ2v) is 14.8. The van der Waals surface area contributed by atoms with E-state index in [-0.39, 0.29) is 16.8 Å². The molecule has 6 aromatic rings. The van der Waals surface area contributed by atoms with Crippen molar-refractivity contribution in [2.45, 2.75) is 38.3 Å². The third kappa shape index (κ3) is 6.74. The molecule has 3 aromatic heterocycles. The fraction of sp³-hybridized carbons (Fsp3) is 0.263. The van der Waals surface area contributed by atoms with Gasteiger partial charge in [0.15, 0.2) is 5.65 Å². The van der Waals surface area contributed by atoms with Crippen molar-refractivity contribution in [1.29, 1.82) is 0 Å². The molecule has 0 bridgehead atoms. The number of aryl methyl sites for hydroxylation is 2. The Morgan fingerprint density at radius 3 is 2.37 bits per heavy atom. The van der Waals surface area contributed by atoms with E-state index >= 15 is 0 Å². The zero-order valence-electron chi connectivity index (χ0n) is 27.8. The molecular formula is C38H39FN6O3S. The lowest BCUT2D eigenvalue weighted by Gasteiger charge is -2.37. The van der Waals surface area contributed by atoms with E-state index in [9.17, 15) is 17.9 Å². The van der Waals surface area contributed by atoms with Crippen molar-refractivity contribution in [2.24, 2.45) is 0 Å². The van der Waals surface area contributed by atoms with Crippen molar-refractivity contribution in [3.05, 3.63) is 120 Å². The summed E-state index contributed by atoms with van der Waals surface area (Å²) in [6, 6.07) is 21.5. The van der Waals surface area contributed by atoms with Crippen LogP contribution in [0.3, 0.4) is 0 Å². The van der Waals surface area contributed by atoms with E-state index in [1.54, 1.807) is 53.6 Å². The average Bonchev–Trinajstić information content (AvgIpc) is 3.70. The number of aliphatic hydroxyl groups is 1. The van der Waals surface area contributed by atoms with E-state index in [0.29, 0.717) is 29.7 Å². The van der Waals surface area contributed by atoms with E-state index in [0.717, 1.165) is 59.6 Å². The van der Waals surface area contributed by atoms with Gasteiger partial charge in [0, 0.05) is 79.1 Å². The molecule has 1 atom stereocenters. The number of aliphatic hydroxyl groups excluding tert-OH is 1. The van der Waals surface area contributed by atoms with Gasteiger partial charge in [0.25, 0.3) is 10.0 Å². The van der Waals surface area contributed by atoms with Crippen LogP contribution in [0.15, 0.2) is 102 Å². The van der Waals surface area contributed by atoms with Gasteiger partial charge in [0.2, 0.25) is 0 Å². The zero-order chi connectivity index (χ0) is 34.3. The number of piperazine rings is 1. The molecule has 9 nitrogen and oxygen atoms in total. The van der Waals surface area contributed by atoms with Gasteiger partial charge in [-0.25, -0.2) is 21.8 Å². The molecule has 1 aliphatic rings. The van der Waals surface area contributed by atoms with Gasteiger partial charge in [-0.2, -0.15) is 5.10 Å². The van der Waals surface area contributed by atoms with Crippen LogP contribution in [0, 0.1) is 19.7 Å². The predicted molar refractivity (Wildman–Crippen MR) is 191 cm³/mol. The Bertz CT molecular complexity index is 2240. The molecule has 1 aliphatic heterocycles. The Morgan fingerprint density at radius 1 is 0.878 bits per heavy atom. The van der Waals surface area contributed by atoms with E-state index in [2.05, 4.69) is 40.0 Å². The van der Waals surface area contributed by atoms with Crippen LogP contribution in [0.1, 0.15) is 23.6 Å². The van der Waals surface area contributed by atoms with Gasteiger partial charge in [-0.3, -0.25) is 9.58 Å². The van der Waals surface area contributed by atoms with Crippen molar-refractivity contribution in [1.82, 2.24) is 23.6 Å². The lowest BCUT2D eigenvalue weighted by atomic mass is 10.0. The molecule has 0 aliphatic carbocycles. The zero-order valence-corrected chi connectivity index (χ0v) is 28.6. The van der Waals surface area contributed by atoms with Crippen LogP contribution in [-0.4, -0.2) is 76.0 Å². The molecule has 0 radical (unpaired) electrons. The van der Waals surface area contributed by atoms with Crippen molar-refractivity contribution < 1.29 is 17.9 Å². The third-order valence-corrected chi connectivity index (χ3v) is 10.8. The van der Waals surface area contributed by atoms with Gasteiger partial charge in [-0.15, -0.1) is 0 Å². The highest BCUT2D eigenvalue weighted by Crippen LogP contribution is 2.36. The number of β-amino-alcohol motifs (C(OH)–C–C–N with tert-alkyl or cyclic N) is 1. The lowest BCUT2D eigenvalue weighted by molar-refractivity contribution is 0.122. The molecule has 11 heteroatoms.